The molecule has 7 aliphatic carbocycles. The van der Waals surface area contributed by atoms with Crippen LogP contribution in [0.2, 0.25) is 0 Å². The van der Waals surface area contributed by atoms with Gasteiger partial charge in [-0.3, -0.25) is 0 Å². The van der Waals surface area contributed by atoms with Crippen molar-refractivity contribution < 1.29 is 0 Å². The van der Waals surface area contributed by atoms with Crippen LogP contribution < -0.4 is 9.80 Å². The largest absolute Gasteiger partial charge is 0.310 e. The van der Waals surface area contributed by atoms with Crippen molar-refractivity contribution in [3.8, 4) is 11.1 Å². The highest BCUT2D eigenvalue weighted by molar-refractivity contribution is 6.02. The summed E-state index contributed by atoms with van der Waals surface area (Å²) in [6.45, 7) is 0. The minimum atomic E-state index is -0.595. The van der Waals surface area contributed by atoms with Crippen LogP contribution in [0.4, 0.5) is 34.1 Å². The van der Waals surface area contributed by atoms with Crippen LogP contribution >= 0.6 is 0 Å². The van der Waals surface area contributed by atoms with Crippen molar-refractivity contribution in [2.24, 2.45) is 5.92 Å². The summed E-state index contributed by atoms with van der Waals surface area (Å²) in [6, 6.07) is 72.4. The highest BCUT2D eigenvalue weighted by Gasteiger charge is 2.55. The van der Waals surface area contributed by atoms with Crippen molar-refractivity contribution in [1.29, 1.82) is 0 Å². The molecule has 0 saturated carbocycles. The van der Waals surface area contributed by atoms with Gasteiger partial charge in [0.2, 0.25) is 0 Å². The third-order valence-corrected chi connectivity index (χ3v) is 18.5. The summed E-state index contributed by atoms with van der Waals surface area (Å²) >= 11 is 0. The van der Waals surface area contributed by atoms with E-state index in [9.17, 15) is 0 Å². The molecule has 2 nitrogen and oxygen atoms in total. The first-order valence-electron chi connectivity index (χ1n) is 27.6. The smallest absolute Gasteiger partial charge is 0.0755 e. The molecule has 0 bridgehead atoms. The fraction of sp³-hybridized carbons (Fsp3) is 0.135. The molecule has 1 heterocycles. The van der Waals surface area contributed by atoms with E-state index in [4.69, 9.17) is 0 Å². The van der Waals surface area contributed by atoms with Gasteiger partial charge in [0.25, 0.3) is 0 Å². The lowest BCUT2D eigenvalue weighted by molar-refractivity contribution is 0.436. The minimum Gasteiger partial charge on any atom is -0.310 e. The van der Waals surface area contributed by atoms with Gasteiger partial charge < -0.3 is 9.80 Å². The lowest BCUT2D eigenvalue weighted by atomic mass is 9.61. The number of nitrogens with zero attached hydrogens (tertiary/aromatic N) is 2. The van der Waals surface area contributed by atoms with Gasteiger partial charge in [-0.1, -0.05) is 212 Å². The van der Waals surface area contributed by atoms with Crippen molar-refractivity contribution in [2.45, 2.75) is 54.8 Å². The first kappa shape index (κ1) is 43.7. The van der Waals surface area contributed by atoms with Crippen LogP contribution in [0.5, 0.6) is 0 Å². The third kappa shape index (κ3) is 5.93. The van der Waals surface area contributed by atoms with Gasteiger partial charge in [-0.15, -0.1) is 0 Å². The summed E-state index contributed by atoms with van der Waals surface area (Å²) in [5.74, 6) is 0.799. The fourth-order valence-electron chi connectivity index (χ4n) is 15.6. The summed E-state index contributed by atoms with van der Waals surface area (Å²) in [5, 5.41) is 0. The molecule has 0 radical (unpaired) electrons. The van der Waals surface area contributed by atoms with Gasteiger partial charge in [0.05, 0.1) is 22.5 Å². The molecular formula is C74H56N2. The molecule has 1 aliphatic heterocycles. The van der Waals surface area contributed by atoms with Crippen LogP contribution in [-0.2, 0) is 10.8 Å². The Morgan fingerprint density at radius 3 is 2.01 bits per heavy atom. The van der Waals surface area contributed by atoms with E-state index in [1.54, 1.807) is 0 Å². The number of allylic oxidation sites excluding steroid dienone is 16. The molecule has 0 fully saturated rings. The van der Waals surface area contributed by atoms with Gasteiger partial charge in [-0.05, 0) is 159 Å². The molecule has 4 unspecified atom stereocenters. The molecule has 76 heavy (non-hydrogen) atoms. The molecule has 0 saturated heterocycles. The molecule has 1 spiro atoms. The average Bonchev–Trinajstić information content (AvgIpc) is 4.00. The Labute approximate surface area is 446 Å². The van der Waals surface area contributed by atoms with Crippen molar-refractivity contribution in [2.75, 3.05) is 9.80 Å². The van der Waals surface area contributed by atoms with Crippen molar-refractivity contribution in [3.05, 3.63) is 328 Å². The standard InChI is InChI=1S/C74H56N2/c1-4-23-49(24-5-1)73(50-25-6-2-7-26-50)63-35-16-14-33-59(63)60-46-44-53(48-68(60)73)75(52-43-45-58-56-31-11-10-29-54(56)55-30-12-13-32-57(55)62(58)47-52)71-42-22-39-67-72(71)61-34-15-17-36-64(61)74(67)65-37-18-20-40-69(65)76(51-27-8-3-9-28-51)70-41-21-19-38-66(70)74/h1-6,8-9,11-25,27-28,30-31,33-48,57,59,63H,7,10,26,29,32H2. The number of hydrogen-bond acceptors (Lipinski definition) is 2. The molecule has 8 aliphatic rings. The predicted octanol–water partition coefficient (Wildman–Crippen LogP) is 18.8. The number of rotatable bonds is 6. The molecule has 4 atom stereocenters. The van der Waals surface area contributed by atoms with Crippen LogP contribution in [0, 0.1) is 5.92 Å². The van der Waals surface area contributed by atoms with Crippen LogP contribution in [0.25, 0.3) is 16.7 Å². The number of benzene rings is 8. The lowest BCUT2D eigenvalue weighted by Gasteiger charge is -2.45. The minimum absolute atomic E-state index is 0.241. The topological polar surface area (TPSA) is 6.48 Å². The first-order chi connectivity index (χ1) is 37.7. The molecule has 0 amide bonds. The maximum absolute atomic E-state index is 2.66. The Morgan fingerprint density at radius 2 is 1.20 bits per heavy atom. The highest BCUT2D eigenvalue weighted by Crippen LogP contribution is 2.67. The van der Waals surface area contributed by atoms with Crippen LogP contribution in [0.15, 0.2) is 278 Å². The second-order valence-electron chi connectivity index (χ2n) is 21.9. The number of fused-ring (bicyclic) bond motifs is 17. The highest BCUT2D eigenvalue weighted by atomic mass is 15.2. The maximum Gasteiger partial charge on any atom is 0.0755 e. The predicted molar refractivity (Wildman–Crippen MR) is 315 cm³/mol. The molecular weight excluding hydrogens is 917 g/mol. The quantitative estimate of drug-likeness (QED) is 0.164. The summed E-state index contributed by atoms with van der Waals surface area (Å²) in [6.07, 6.45) is 33.8. The van der Waals surface area contributed by atoms with Crippen molar-refractivity contribution in [1.82, 2.24) is 0 Å². The van der Waals surface area contributed by atoms with E-state index < -0.39 is 5.41 Å². The SMILES string of the molecule is C1=CCCC(C2(c3ccccc3)c3cc(N(c4ccc5c(c4)C4CC=CC=C4C4=C5C=CCC4)c4cccc5c4-c4ccccc4C54c5ccccc5N(c5ccccc5)c5ccccc54)ccc3C3C=CC=CC32)=C1. The van der Waals surface area contributed by atoms with Crippen LogP contribution in [0.1, 0.15) is 94.0 Å². The van der Waals surface area contributed by atoms with E-state index in [1.807, 2.05) is 0 Å². The second-order valence-corrected chi connectivity index (χ2v) is 21.9. The average molecular weight is 973 g/mol. The molecule has 16 rings (SSSR count). The summed E-state index contributed by atoms with van der Waals surface area (Å²) in [7, 11) is 0. The Bertz CT molecular complexity index is 3960. The van der Waals surface area contributed by atoms with Gasteiger partial charge in [-0.2, -0.15) is 0 Å². The monoisotopic (exact) mass is 972 g/mol. The van der Waals surface area contributed by atoms with E-state index in [0.29, 0.717) is 5.92 Å². The van der Waals surface area contributed by atoms with Crippen LogP contribution in [-0.4, -0.2) is 0 Å². The zero-order chi connectivity index (χ0) is 50.0. The van der Waals surface area contributed by atoms with E-state index in [1.165, 1.54) is 112 Å². The fourth-order valence-corrected chi connectivity index (χ4v) is 15.6. The first-order valence-corrected chi connectivity index (χ1v) is 27.6. The zero-order valence-electron chi connectivity index (χ0n) is 42.5. The van der Waals surface area contributed by atoms with Crippen molar-refractivity contribution in [3.63, 3.8) is 0 Å². The molecule has 0 aromatic heterocycles. The molecule has 8 aromatic carbocycles. The normalized spacial score (nSPS) is 22.1. The molecule has 0 N–H and O–H groups in total. The Morgan fingerprint density at radius 1 is 0.500 bits per heavy atom. The van der Waals surface area contributed by atoms with Gasteiger partial charge in [-0.25, -0.2) is 0 Å². The van der Waals surface area contributed by atoms with E-state index in [-0.39, 0.29) is 17.3 Å². The summed E-state index contributed by atoms with van der Waals surface area (Å²) in [4.78, 5) is 5.14. The third-order valence-electron chi connectivity index (χ3n) is 18.5. The van der Waals surface area contributed by atoms with E-state index in [2.05, 4.69) is 271 Å². The maximum atomic E-state index is 2.66. The number of hydrogen-bond donors (Lipinski definition) is 0. The lowest BCUT2D eigenvalue weighted by Crippen LogP contribution is -2.36. The molecule has 2 heteroatoms. The Kier molecular flexibility index (Phi) is 9.71. The van der Waals surface area contributed by atoms with Gasteiger partial charge in [0.15, 0.2) is 0 Å². The van der Waals surface area contributed by atoms with Crippen LogP contribution in [0.3, 0.4) is 0 Å². The van der Waals surface area contributed by atoms with Gasteiger partial charge >= 0.3 is 0 Å². The summed E-state index contributed by atoms with van der Waals surface area (Å²) < 4.78 is 0. The number of para-hydroxylation sites is 3. The Hall–Kier alpha value is -8.72. The van der Waals surface area contributed by atoms with E-state index in [0.717, 1.165) is 37.8 Å². The van der Waals surface area contributed by atoms with Gasteiger partial charge in [0.1, 0.15) is 0 Å². The number of anilines is 6. The zero-order valence-corrected chi connectivity index (χ0v) is 42.5. The second kappa shape index (κ2) is 16.9. The van der Waals surface area contributed by atoms with Crippen molar-refractivity contribution >= 4 is 39.7 Å². The molecule has 8 aromatic rings. The summed E-state index contributed by atoms with van der Waals surface area (Å²) in [5.41, 5.74) is 26.9. The van der Waals surface area contributed by atoms with E-state index >= 15 is 0 Å². The Balaban J connectivity index is 0.987. The molecule has 362 valence electrons. The van der Waals surface area contributed by atoms with Gasteiger partial charge in [0, 0.05) is 45.8 Å².